The van der Waals surface area contributed by atoms with Gasteiger partial charge in [-0.05, 0) is 85.9 Å². The third kappa shape index (κ3) is 6.52. The summed E-state index contributed by atoms with van der Waals surface area (Å²) in [5.74, 6) is -0.399. The molecule has 0 unspecified atom stereocenters. The average molecular weight is 572 g/mol. The van der Waals surface area contributed by atoms with Gasteiger partial charge in [0.05, 0.1) is 17.3 Å². The quantitative estimate of drug-likeness (QED) is 0.191. The summed E-state index contributed by atoms with van der Waals surface area (Å²) in [5.41, 5.74) is 7.05. The van der Waals surface area contributed by atoms with Crippen LogP contribution in [-0.4, -0.2) is 34.8 Å². The summed E-state index contributed by atoms with van der Waals surface area (Å²) in [4.78, 5) is 33.6. The normalized spacial score (nSPS) is 16.6. The van der Waals surface area contributed by atoms with Crippen molar-refractivity contribution in [3.63, 3.8) is 0 Å². The van der Waals surface area contributed by atoms with Crippen molar-refractivity contribution in [2.75, 3.05) is 23.7 Å². The van der Waals surface area contributed by atoms with Crippen LogP contribution in [0.1, 0.15) is 71.3 Å². The van der Waals surface area contributed by atoms with Crippen molar-refractivity contribution in [2.45, 2.75) is 45.2 Å². The lowest BCUT2D eigenvalue weighted by atomic mass is 9.98. The highest BCUT2D eigenvalue weighted by atomic mass is 16.2. The fraction of sp³-hybridized carbons (Fsp3) is 0.250. The summed E-state index contributed by atoms with van der Waals surface area (Å²) in [6, 6.07) is 27.4. The number of amides is 2. The van der Waals surface area contributed by atoms with Gasteiger partial charge in [-0.3, -0.25) is 19.5 Å². The van der Waals surface area contributed by atoms with E-state index in [2.05, 4.69) is 57.0 Å². The van der Waals surface area contributed by atoms with Gasteiger partial charge in [-0.15, -0.1) is 0 Å². The van der Waals surface area contributed by atoms with Gasteiger partial charge in [0, 0.05) is 47.0 Å². The number of nitrogens with one attached hydrogen (secondary N) is 3. The van der Waals surface area contributed by atoms with Gasteiger partial charge < -0.3 is 16.0 Å². The molecule has 0 aliphatic carbocycles. The number of benzene rings is 3. The number of carbonyl (C=O) groups is 2. The first-order valence-corrected chi connectivity index (χ1v) is 15.1. The number of aromatic nitrogens is 1. The molecule has 3 aromatic carbocycles. The standard InChI is InChI=1S/C36H37N5O2/c1-2-31(26-9-5-3-6-10-26)39-35(42)28-13-16-32-30(23-28)33(36(43)40-32)34(27-17-19-37-20-18-27)38-29-14-11-25(12-15-29)24-41-21-7-4-8-22-41/h3,5-6,9-20,23,31,38H,2,4,7-8,21-22,24H2,1H3,(H,39,42)(H,40,43)/t31-/m0/s1. The molecule has 3 heterocycles. The lowest BCUT2D eigenvalue weighted by Crippen LogP contribution is -2.29. The number of pyridine rings is 1. The molecule has 218 valence electrons. The molecule has 0 saturated carbocycles. The molecule has 2 aliphatic rings. The second-order valence-electron chi connectivity index (χ2n) is 11.2. The van der Waals surface area contributed by atoms with Crippen LogP contribution in [0.5, 0.6) is 0 Å². The topological polar surface area (TPSA) is 86.4 Å². The van der Waals surface area contributed by atoms with E-state index in [0.717, 1.165) is 42.9 Å². The highest BCUT2D eigenvalue weighted by molar-refractivity contribution is 6.37. The highest BCUT2D eigenvalue weighted by Crippen LogP contribution is 2.38. The number of hydrogen-bond donors (Lipinski definition) is 3. The largest absolute Gasteiger partial charge is 0.354 e. The van der Waals surface area contributed by atoms with E-state index in [9.17, 15) is 9.59 Å². The third-order valence-corrected chi connectivity index (χ3v) is 8.24. The Balaban J connectivity index is 1.31. The SMILES string of the molecule is CC[C@H](NC(=O)c1ccc2c(c1)C(=C(Nc1ccc(CN3CCCCC3)cc1)c1ccncc1)C(=O)N2)c1ccccc1. The monoisotopic (exact) mass is 571 g/mol. The number of likely N-dealkylation sites (tertiary alicyclic amines) is 1. The summed E-state index contributed by atoms with van der Waals surface area (Å²) in [7, 11) is 0. The minimum Gasteiger partial charge on any atom is -0.354 e. The first-order chi connectivity index (χ1) is 21.1. The third-order valence-electron chi connectivity index (χ3n) is 8.24. The molecular formula is C36H37N5O2. The Bertz CT molecular complexity index is 1610. The van der Waals surface area contributed by atoms with E-state index in [1.807, 2.05) is 42.5 Å². The number of piperidine rings is 1. The molecule has 1 saturated heterocycles. The molecule has 7 heteroatoms. The summed E-state index contributed by atoms with van der Waals surface area (Å²) in [5, 5.41) is 9.68. The molecular weight excluding hydrogens is 534 g/mol. The van der Waals surface area contributed by atoms with Crippen molar-refractivity contribution in [1.29, 1.82) is 0 Å². The second-order valence-corrected chi connectivity index (χ2v) is 11.2. The molecule has 6 rings (SSSR count). The number of carbonyl (C=O) groups excluding carboxylic acids is 2. The molecule has 4 aromatic rings. The van der Waals surface area contributed by atoms with Crippen molar-refractivity contribution in [3.05, 3.63) is 125 Å². The molecule has 0 spiro atoms. The van der Waals surface area contributed by atoms with Gasteiger partial charge in [-0.2, -0.15) is 0 Å². The Morgan fingerprint density at radius 2 is 1.65 bits per heavy atom. The highest BCUT2D eigenvalue weighted by Gasteiger charge is 2.30. The Labute approximate surface area is 253 Å². The van der Waals surface area contributed by atoms with Crippen LogP contribution in [0.3, 0.4) is 0 Å². The zero-order valence-electron chi connectivity index (χ0n) is 24.5. The number of rotatable bonds is 9. The predicted octanol–water partition coefficient (Wildman–Crippen LogP) is 6.88. The average Bonchev–Trinajstić information content (AvgIpc) is 3.39. The zero-order valence-corrected chi connectivity index (χ0v) is 24.5. The van der Waals surface area contributed by atoms with Gasteiger partial charge >= 0.3 is 0 Å². The van der Waals surface area contributed by atoms with Gasteiger partial charge in [-0.1, -0.05) is 55.8 Å². The van der Waals surface area contributed by atoms with E-state index in [4.69, 9.17) is 0 Å². The second kappa shape index (κ2) is 13.0. The maximum absolute atomic E-state index is 13.5. The van der Waals surface area contributed by atoms with Gasteiger partial charge in [0.25, 0.3) is 11.8 Å². The molecule has 2 amide bonds. The molecule has 1 fully saturated rings. The fourth-order valence-electron chi connectivity index (χ4n) is 5.92. The van der Waals surface area contributed by atoms with Crippen molar-refractivity contribution in [1.82, 2.24) is 15.2 Å². The summed E-state index contributed by atoms with van der Waals surface area (Å²) in [6.07, 6.45) is 8.04. The molecule has 2 aliphatic heterocycles. The van der Waals surface area contributed by atoms with E-state index in [-0.39, 0.29) is 17.9 Å². The van der Waals surface area contributed by atoms with Crippen molar-refractivity contribution < 1.29 is 9.59 Å². The van der Waals surface area contributed by atoms with Crippen LogP contribution in [-0.2, 0) is 11.3 Å². The van der Waals surface area contributed by atoms with E-state index in [1.54, 1.807) is 30.6 Å². The van der Waals surface area contributed by atoms with Crippen LogP contribution >= 0.6 is 0 Å². The van der Waals surface area contributed by atoms with Gasteiger partial charge in [0.2, 0.25) is 0 Å². The fourth-order valence-corrected chi connectivity index (χ4v) is 5.92. The van der Waals surface area contributed by atoms with Gasteiger partial charge in [0.1, 0.15) is 0 Å². The number of hydrogen-bond acceptors (Lipinski definition) is 5. The molecule has 1 atom stereocenters. The van der Waals surface area contributed by atoms with Crippen molar-refractivity contribution in [2.24, 2.45) is 0 Å². The Morgan fingerprint density at radius 1 is 0.907 bits per heavy atom. The van der Waals surface area contributed by atoms with E-state index in [0.29, 0.717) is 28.1 Å². The van der Waals surface area contributed by atoms with Gasteiger partial charge in [0.15, 0.2) is 0 Å². The lowest BCUT2D eigenvalue weighted by molar-refractivity contribution is -0.110. The summed E-state index contributed by atoms with van der Waals surface area (Å²) >= 11 is 0. The smallest absolute Gasteiger partial charge is 0.258 e. The number of nitrogens with zero attached hydrogens (tertiary/aromatic N) is 2. The van der Waals surface area contributed by atoms with Crippen LogP contribution in [0, 0.1) is 0 Å². The van der Waals surface area contributed by atoms with Crippen molar-refractivity contribution in [3.8, 4) is 0 Å². The van der Waals surface area contributed by atoms with Crippen LogP contribution in [0.15, 0.2) is 97.3 Å². The van der Waals surface area contributed by atoms with Gasteiger partial charge in [-0.25, -0.2) is 0 Å². The van der Waals surface area contributed by atoms with Crippen LogP contribution in [0.4, 0.5) is 11.4 Å². The Kier molecular flexibility index (Phi) is 8.61. The maximum atomic E-state index is 13.5. The molecule has 43 heavy (non-hydrogen) atoms. The Morgan fingerprint density at radius 3 is 2.37 bits per heavy atom. The molecule has 0 radical (unpaired) electrons. The molecule has 7 nitrogen and oxygen atoms in total. The maximum Gasteiger partial charge on any atom is 0.258 e. The minimum atomic E-state index is -0.218. The summed E-state index contributed by atoms with van der Waals surface area (Å²) in [6.45, 7) is 5.30. The first kappa shape index (κ1) is 28.4. The number of fused-ring (bicyclic) bond motifs is 1. The molecule has 3 N–H and O–H groups in total. The Hall–Kier alpha value is -4.75. The zero-order chi connectivity index (χ0) is 29.6. The first-order valence-electron chi connectivity index (χ1n) is 15.1. The van der Waals surface area contributed by atoms with Crippen LogP contribution in [0.25, 0.3) is 11.3 Å². The predicted molar refractivity (Wildman–Crippen MR) is 172 cm³/mol. The minimum absolute atomic E-state index is 0.108. The van der Waals surface area contributed by atoms with Crippen molar-refractivity contribution >= 4 is 34.5 Å². The van der Waals surface area contributed by atoms with Crippen LogP contribution in [0.2, 0.25) is 0 Å². The molecule has 0 bridgehead atoms. The lowest BCUT2D eigenvalue weighted by Gasteiger charge is -2.26. The number of anilines is 2. The molecule has 1 aromatic heterocycles. The van der Waals surface area contributed by atoms with E-state index >= 15 is 0 Å². The summed E-state index contributed by atoms with van der Waals surface area (Å²) < 4.78 is 0. The van der Waals surface area contributed by atoms with Crippen LogP contribution < -0.4 is 16.0 Å². The van der Waals surface area contributed by atoms with E-state index < -0.39 is 0 Å². The van der Waals surface area contributed by atoms with E-state index in [1.165, 1.54) is 24.8 Å².